The Bertz CT molecular complexity index is 175. The van der Waals surface area contributed by atoms with Crippen LogP contribution in [0.1, 0.15) is 34.1 Å². The number of nitrogens with two attached hydrogens (primary N) is 1. The van der Waals surface area contributed by atoms with Crippen molar-refractivity contribution in [2.45, 2.75) is 40.2 Å². The molecule has 0 aromatic carbocycles. The Morgan fingerprint density at radius 2 is 1.93 bits per heavy atom. The number of carbonyl (C=O) groups is 1. The first-order chi connectivity index (χ1) is 6.38. The Kier molecular flexibility index (Phi) is 5.53. The fraction of sp³-hybridized carbons (Fsp3) is 0.900. The maximum Gasteiger partial charge on any atom is 0.314 e. The van der Waals surface area contributed by atoms with Gasteiger partial charge in [0.15, 0.2) is 0 Å². The summed E-state index contributed by atoms with van der Waals surface area (Å²) in [5.74, 6) is 0. The lowest BCUT2D eigenvalue weighted by Crippen LogP contribution is -2.47. The van der Waals surface area contributed by atoms with Gasteiger partial charge < -0.3 is 16.4 Å². The lowest BCUT2D eigenvalue weighted by molar-refractivity contribution is 0.235. The smallest absolute Gasteiger partial charge is 0.314 e. The molecule has 0 aliphatic carbocycles. The molecule has 4 nitrogen and oxygen atoms in total. The van der Waals surface area contributed by atoms with Crippen molar-refractivity contribution in [3.05, 3.63) is 0 Å². The van der Waals surface area contributed by atoms with E-state index in [-0.39, 0.29) is 17.5 Å². The number of carbonyl (C=O) groups excluding carboxylic acids is 1. The number of amides is 2. The predicted octanol–water partition coefficient (Wildman–Crippen LogP) is 1.07. The third-order valence-electron chi connectivity index (χ3n) is 2.13. The second kappa shape index (κ2) is 5.86. The van der Waals surface area contributed by atoms with E-state index in [4.69, 9.17) is 5.73 Å². The third-order valence-corrected chi connectivity index (χ3v) is 2.13. The van der Waals surface area contributed by atoms with Crippen molar-refractivity contribution in [3.63, 3.8) is 0 Å². The Morgan fingerprint density at radius 1 is 1.36 bits per heavy atom. The molecule has 0 heterocycles. The summed E-state index contributed by atoms with van der Waals surface area (Å²) >= 11 is 0. The van der Waals surface area contributed by atoms with E-state index < -0.39 is 0 Å². The molecule has 14 heavy (non-hydrogen) atoms. The van der Waals surface area contributed by atoms with Crippen molar-refractivity contribution in [1.29, 1.82) is 0 Å². The Morgan fingerprint density at radius 3 is 2.36 bits per heavy atom. The van der Waals surface area contributed by atoms with Gasteiger partial charge in [0.1, 0.15) is 0 Å². The minimum Gasteiger partial charge on any atom is -0.338 e. The molecule has 0 fully saturated rings. The van der Waals surface area contributed by atoms with Crippen molar-refractivity contribution in [2.24, 2.45) is 11.1 Å². The van der Waals surface area contributed by atoms with Crippen molar-refractivity contribution >= 4 is 6.03 Å². The van der Waals surface area contributed by atoms with Gasteiger partial charge >= 0.3 is 6.03 Å². The highest BCUT2D eigenvalue weighted by Crippen LogP contribution is 2.16. The summed E-state index contributed by atoms with van der Waals surface area (Å²) in [6, 6.07) is -0.151. The summed E-state index contributed by atoms with van der Waals surface area (Å²) in [5, 5.41) is 5.48. The average Bonchev–Trinajstić information content (AvgIpc) is 2.09. The number of nitrogens with one attached hydrogen (secondary N) is 2. The molecule has 0 rings (SSSR count). The standard InChI is InChI=1S/C10H23N3O/c1-5-6-12-9(14)13-7-8(11)10(2,3)4/h8H,5-7,11H2,1-4H3,(H2,12,13,14). The average molecular weight is 201 g/mol. The molecule has 4 N–H and O–H groups in total. The topological polar surface area (TPSA) is 67.2 Å². The normalized spacial score (nSPS) is 13.5. The van der Waals surface area contributed by atoms with Gasteiger partial charge in [-0.25, -0.2) is 4.79 Å². The van der Waals surface area contributed by atoms with Crippen LogP contribution in [0.2, 0.25) is 0 Å². The second-order valence-corrected chi connectivity index (χ2v) is 4.61. The van der Waals surface area contributed by atoms with E-state index in [1.165, 1.54) is 0 Å². The van der Waals surface area contributed by atoms with Gasteiger partial charge in [-0.2, -0.15) is 0 Å². The third kappa shape index (κ3) is 5.80. The first kappa shape index (κ1) is 13.2. The molecular weight excluding hydrogens is 178 g/mol. The number of hydrogen-bond donors (Lipinski definition) is 3. The first-order valence-corrected chi connectivity index (χ1v) is 5.15. The number of rotatable bonds is 4. The van der Waals surface area contributed by atoms with Crippen LogP contribution in [0.25, 0.3) is 0 Å². The lowest BCUT2D eigenvalue weighted by Gasteiger charge is -2.27. The van der Waals surface area contributed by atoms with Crippen LogP contribution >= 0.6 is 0 Å². The molecule has 2 amide bonds. The van der Waals surface area contributed by atoms with Gasteiger partial charge in [-0.3, -0.25) is 0 Å². The van der Waals surface area contributed by atoms with Crippen LogP contribution in [0.3, 0.4) is 0 Å². The van der Waals surface area contributed by atoms with Crippen LogP contribution < -0.4 is 16.4 Å². The summed E-state index contributed by atoms with van der Waals surface area (Å²) in [6.45, 7) is 9.41. The van der Waals surface area contributed by atoms with Crippen molar-refractivity contribution in [1.82, 2.24) is 10.6 Å². The minimum atomic E-state index is -0.133. The van der Waals surface area contributed by atoms with Crippen LogP contribution in [0.5, 0.6) is 0 Å². The highest BCUT2D eigenvalue weighted by Gasteiger charge is 2.20. The zero-order valence-corrected chi connectivity index (χ0v) is 9.68. The highest BCUT2D eigenvalue weighted by molar-refractivity contribution is 5.73. The summed E-state index contributed by atoms with van der Waals surface area (Å²) in [4.78, 5) is 11.2. The molecule has 0 radical (unpaired) electrons. The van der Waals surface area contributed by atoms with Gasteiger partial charge in [0.05, 0.1) is 0 Å². The molecule has 0 saturated heterocycles. The Balaban J connectivity index is 3.67. The van der Waals surface area contributed by atoms with E-state index in [0.717, 1.165) is 6.42 Å². The molecule has 0 aliphatic rings. The largest absolute Gasteiger partial charge is 0.338 e. The van der Waals surface area contributed by atoms with Crippen LogP contribution in [-0.2, 0) is 0 Å². The fourth-order valence-corrected chi connectivity index (χ4v) is 0.810. The monoisotopic (exact) mass is 201 g/mol. The molecule has 0 spiro atoms. The predicted molar refractivity (Wildman–Crippen MR) is 59.1 cm³/mol. The van der Waals surface area contributed by atoms with Crippen molar-refractivity contribution < 1.29 is 4.79 Å². The summed E-state index contributed by atoms with van der Waals surface area (Å²) in [5.41, 5.74) is 5.91. The van der Waals surface area contributed by atoms with Crippen LogP contribution in [0, 0.1) is 5.41 Å². The number of hydrogen-bond acceptors (Lipinski definition) is 2. The van der Waals surface area contributed by atoms with Gasteiger partial charge in [0.2, 0.25) is 0 Å². The summed E-state index contributed by atoms with van der Waals surface area (Å²) < 4.78 is 0. The van der Waals surface area contributed by atoms with E-state index in [1.54, 1.807) is 0 Å². The van der Waals surface area contributed by atoms with Gasteiger partial charge in [0.25, 0.3) is 0 Å². The second-order valence-electron chi connectivity index (χ2n) is 4.61. The van der Waals surface area contributed by atoms with E-state index in [1.807, 2.05) is 6.92 Å². The van der Waals surface area contributed by atoms with Gasteiger partial charge in [-0.15, -0.1) is 0 Å². The summed E-state index contributed by atoms with van der Waals surface area (Å²) in [6.07, 6.45) is 0.943. The molecule has 1 atom stereocenters. The van der Waals surface area contributed by atoms with Crippen LogP contribution in [-0.4, -0.2) is 25.2 Å². The maximum atomic E-state index is 11.2. The molecule has 4 heteroatoms. The van der Waals surface area contributed by atoms with E-state index in [9.17, 15) is 4.79 Å². The number of urea groups is 1. The molecule has 0 aromatic heterocycles. The van der Waals surface area contributed by atoms with Crippen molar-refractivity contribution in [3.8, 4) is 0 Å². The van der Waals surface area contributed by atoms with E-state index >= 15 is 0 Å². The van der Waals surface area contributed by atoms with Gasteiger partial charge in [-0.05, 0) is 11.8 Å². The Labute approximate surface area is 86.6 Å². The quantitative estimate of drug-likeness (QED) is 0.637. The maximum absolute atomic E-state index is 11.2. The van der Waals surface area contributed by atoms with Gasteiger partial charge in [-0.1, -0.05) is 27.7 Å². The minimum absolute atomic E-state index is 0.0186. The zero-order chi connectivity index (χ0) is 11.2. The fourth-order valence-electron chi connectivity index (χ4n) is 0.810. The van der Waals surface area contributed by atoms with E-state index in [2.05, 4.69) is 31.4 Å². The van der Waals surface area contributed by atoms with E-state index in [0.29, 0.717) is 13.1 Å². The molecule has 0 saturated carbocycles. The molecule has 1 unspecified atom stereocenters. The van der Waals surface area contributed by atoms with Crippen molar-refractivity contribution in [2.75, 3.05) is 13.1 Å². The molecule has 84 valence electrons. The highest BCUT2D eigenvalue weighted by atomic mass is 16.2. The Hall–Kier alpha value is -0.770. The summed E-state index contributed by atoms with van der Waals surface area (Å²) in [7, 11) is 0. The SMILES string of the molecule is CCCNC(=O)NCC(N)C(C)(C)C. The molecule has 0 aromatic rings. The zero-order valence-electron chi connectivity index (χ0n) is 9.68. The van der Waals surface area contributed by atoms with Crippen LogP contribution in [0.4, 0.5) is 4.79 Å². The van der Waals surface area contributed by atoms with Gasteiger partial charge in [0, 0.05) is 19.1 Å². The van der Waals surface area contributed by atoms with Crippen LogP contribution in [0.15, 0.2) is 0 Å². The molecule has 0 bridgehead atoms. The molecule has 0 aliphatic heterocycles. The lowest BCUT2D eigenvalue weighted by atomic mass is 9.87. The first-order valence-electron chi connectivity index (χ1n) is 5.15. The molecular formula is C10H23N3O.